The molecule has 0 bridgehead atoms. The molecular formula is C13H20FN2O+. The van der Waals surface area contributed by atoms with Gasteiger partial charge in [-0.1, -0.05) is 6.92 Å². The first-order valence-electron chi connectivity index (χ1n) is 6.19. The number of aromatic hydroxyl groups is 1. The van der Waals surface area contributed by atoms with Gasteiger partial charge in [-0.15, -0.1) is 0 Å². The molecule has 94 valence electrons. The summed E-state index contributed by atoms with van der Waals surface area (Å²) >= 11 is 0. The van der Waals surface area contributed by atoms with Gasteiger partial charge < -0.3 is 5.11 Å². The van der Waals surface area contributed by atoms with E-state index < -0.39 is 0 Å². The number of hydrogen-bond donors (Lipinski definition) is 2. The number of rotatable bonds is 3. The fraction of sp³-hybridized carbons (Fsp3) is 0.538. The zero-order valence-electron chi connectivity index (χ0n) is 10.2. The molecule has 1 aromatic rings. The number of hydrogen-bond acceptors (Lipinski definition) is 2. The zero-order valence-corrected chi connectivity index (χ0v) is 10.2. The Hall–Kier alpha value is -1.13. The monoisotopic (exact) mass is 239 g/mol. The lowest BCUT2D eigenvalue weighted by atomic mass is 9.87. The Kier molecular flexibility index (Phi) is 3.64. The second-order valence-corrected chi connectivity index (χ2v) is 4.73. The Morgan fingerprint density at radius 1 is 1.47 bits per heavy atom. The molecule has 1 unspecified atom stereocenters. The van der Waals surface area contributed by atoms with Crippen LogP contribution < -0.4 is 5.84 Å². The van der Waals surface area contributed by atoms with Gasteiger partial charge in [-0.25, -0.2) is 4.39 Å². The van der Waals surface area contributed by atoms with Crippen molar-refractivity contribution in [1.82, 2.24) is 5.01 Å². The van der Waals surface area contributed by atoms with Crippen LogP contribution >= 0.6 is 0 Å². The molecule has 1 aliphatic rings. The largest absolute Gasteiger partial charge is 0.508 e. The summed E-state index contributed by atoms with van der Waals surface area (Å²) in [5, 5.41) is 11.9. The standard InChI is InChI=1S/C13H19FN2O/c1-2-7-16(15)9-3-4-10-11(8-9)13(17)6-5-12(10)14/h5-6,9,17H,2-4,7-8,15H2,1H3/p+1. The third kappa shape index (κ3) is 2.42. The van der Waals surface area contributed by atoms with Crippen molar-refractivity contribution in [3.8, 4) is 5.75 Å². The number of benzene rings is 1. The molecule has 0 saturated carbocycles. The van der Waals surface area contributed by atoms with Crippen LogP contribution in [0.3, 0.4) is 0 Å². The minimum absolute atomic E-state index is 0.192. The molecule has 0 aliphatic heterocycles. The maximum absolute atomic E-state index is 13.6. The maximum atomic E-state index is 13.6. The van der Waals surface area contributed by atoms with Gasteiger partial charge in [-0.2, -0.15) is 5.01 Å². The number of halogens is 1. The quantitative estimate of drug-likeness (QED) is 0.780. The Bertz CT molecular complexity index is 409. The van der Waals surface area contributed by atoms with Gasteiger partial charge in [0.25, 0.3) is 0 Å². The van der Waals surface area contributed by atoms with Crippen molar-refractivity contribution in [3.63, 3.8) is 0 Å². The van der Waals surface area contributed by atoms with Gasteiger partial charge >= 0.3 is 0 Å². The average molecular weight is 239 g/mol. The molecule has 0 radical (unpaired) electrons. The van der Waals surface area contributed by atoms with Gasteiger partial charge in [0.15, 0.2) is 0 Å². The third-order valence-corrected chi connectivity index (χ3v) is 3.54. The highest BCUT2D eigenvalue weighted by atomic mass is 19.1. The highest BCUT2D eigenvalue weighted by Gasteiger charge is 2.27. The molecule has 1 aliphatic carbocycles. The van der Waals surface area contributed by atoms with Crippen LogP contribution in [0.4, 0.5) is 4.39 Å². The van der Waals surface area contributed by atoms with Crippen LogP contribution in [0.1, 0.15) is 30.9 Å². The Morgan fingerprint density at radius 2 is 2.24 bits per heavy atom. The Balaban J connectivity index is 2.21. The van der Waals surface area contributed by atoms with Crippen molar-refractivity contribution in [3.05, 3.63) is 29.1 Å². The number of phenols is 1. The number of nitrogens with zero attached hydrogens (tertiary/aromatic N) is 1. The third-order valence-electron chi connectivity index (χ3n) is 3.54. The van der Waals surface area contributed by atoms with E-state index in [-0.39, 0.29) is 11.6 Å². The van der Waals surface area contributed by atoms with Gasteiger partial charge in [0.05, 0.1) is 6.04 Å². The van der Waals surface area contributed by atoms with Crippen LogP contribution in [0.15, 0.2) is 12.1 Å². The fourth-order valence-corrected chi connectivity index (χ4v) is 2.58. The summed E-state index contributed by atoms with van der Waals surface area (Å²) in [5.41, 5.74) is 1.46. The van der Waals surface area contributed by atoms with Gasteiger partial charge in [0.2, 0.25) is 0 Å². The molecule has 0 spiro atoms. The van der Waals surface area contributed by atoms with Crippen molar-refractivity contribution in [2.24, 2.45) is 0 Å². The normalized spacial score (nSPS) is 19.4. The first kappa shape index (κ1) is 12.3. The van der Waals surface area contributed by atoms with E-state index in [1.165, 1.54) is 12.1 Å². The van der Waals surface area contributed by atoms with E-state index in [4.69, 9.17) is 0 Å². The zero-order chi connectivity index (χ0) is 12.4. The molecular weight excluding hydrogens is 219 g/mol. The lowest BCUT2D eigenvalue weighted by Gasteiger charge is -2.29. The van der Waals surface area contributed by atoms with E-state index in [9.17, 15) is 9.50 Å². The Labute approximate surface area is 101 Å². The minimum atomic E-state index is -0.192. The molecule has 1 aromatic carbocycles. The van der Waals surface area contributed by atoms with E-state index in [0.29, 0.717) is 24.4 Å². The molecule has 17 heavy (non-hydrogen) atoms. The molecule has 0 amide bonds. The summed E-state index contributed by atoms with van der Waals surface area (Å²) in [6.07, 6.45) is 3.36. The average Bonchev–Trinajstić information content (AvgIpc) is 2.34. The topological polar surface area (TPSA) is 51.1 Å². The maximum Gasteiger partial charge on any atom is 0.126 e. The van der Waals surface area contributed by atoms with E-state index in [1.54, 1.807) is 0 Å². The fourth-order valence-electron chi connectivity index (χ4n) is 2.58. The lowest BCUT2D eigenvalue weighted by Crippen LogP contribution is -2.71. The van der Waals surface area contributed by atoms with Crippen molar-refractivity contribution in [2.45, 2.75) is 38.6 Å². The van der Waals surface area contributed by atoms with Gasteiger partial charge in [-0.3, -0.25) is 5.84 Å². The van der Waals surface area contributed by atoms with E-state index >= 15 is 0 Å². The minimum Gasteiger partial charge on any atom is -0.508 e. The number of quaternary nitrogens is 1. The van der Waals surface area contributed by atoms with Crippen LogP contribution in [-0.4, -0.2) is 22.7 Å². The van der Waals surface area contributed by atoms with Crippen LogP contribution in [0.5, 0.6) is 5.75 Å². The lowest BCUT2D eigenvalue weighted by molar-refractivity contribution is -0.586. The predicted octanol–water partition coefficient (Wildman–Crippen LogP) is 1.26. The van der Waals surface area contributed by atoms with Crippen molar-refractivity contribution >= 4 is 0 Å². The molecule has 4 heteroatoms. The number of phenolic OH excluding ortho intramolecular Hbond substituents is 1. The molecule has 0 fully saturated rings. The second kappa shape index (κ2) is 5.02. The highest BCUT2D eigenvalue weighted by Crippen LogP contribution is 2.31. The smallest absolute Gasteiger partial charge is 0.126 e. The summed E-state index contributed by atoms with van der Waals surface area (Å²) < 4.78 is 13.6. The molecule has 0 saturated heterocycles. The van der Waals surface area contributed by atoms with E-state index in [0.717, 1.165) is 24.9 Å². The summed E-state index contributed by atoms with van der Waals surface area (Å²) in [4.78, 5) is 0. The molecule has 0 heterocycles. The predicted molar refractivity (Wildman–Crippen MR) is 63.8 cm³/mol. The molecule has 0 aromatic heterocycles. The molecule has 2 rings (SSSR count). The molecule has 3 nitrogen and oxygen atoms in total. The first-order chi connectivity index (χ1) is 8.13. The summed E-state index contributed by atoms with van der Waals surface area (Å²) in [6, 6.07) is 3.11. The second-order valence-electron chi connectivity index (χ2n) is 4.73. The molecule has 4 N–H and O–H groups in total. The highest BCUT2D eigenvalue weighted by molar-refractivity contribution is 5.42. The van der Waals surface area contributed by atoms with Gasteiger partial charge in [-0.05, 0) is 43.4 Å². The van der Waals surface area contributed by atoms with Crippen LogP contribution in [0.2, 0.25) is 0 Å². The van der Waals surface area contributed by atoms with Crippen LogP contribution in [-0.2, 0) is 12.8 Å². The van der Waals surface area contributed by atoms with Crippen LogP contribution in [0.25, 0.3) is 0 Å². The van der Waals surface area contributed by atoms with Gasteiger partial charge in [0, 0.05) is 12.1 Å². The van der Waals surface area contributed by atoms with E-state index in [1.807, 2.05) is 0 Å². The SMILES string of the molecule is CCCN([NH3+])C1CCc2c(F)ccc(O)c2C1. The number of fused-ring (bicyclic) bond motifs is 1. The van der Waals surface area contributed by atoms with Crippen molar-refractivity contribution < 1.29 is 15.3 Å². The van der Waals surface area contributed by atoms with Crippen molar-refractivity contribution in [1.29, 1.82) is 0 Å². The van der Waals surface area contributed by atoms with Crippen LogP contribution in [0, 0.1) is 5.82 Å². The first-order valence-corrected chi connectivity index (χ1v) is 6.19. The summed E-state index contributed by atoms with van der Waals surface area (Å²) in [6.45, 7) is 3.06. The summed E-state index contributed by atoms with van der Waals surface area (Å²) in [7, 11) is 0. The summed E-state index contributed by atoms with van der Waals surface area (Å²) in [5.74, 6) is 4.06. The van der Waals surface area contributed by atoms with E-state index in [2.05, 4.69) is 17.8 Å². The van der Waals surface area contributed by atoms with Crippen molar-refractivity contribution in [2.75, 3.05) is 6.54 Å². The molecule has 1 atom stereocenters. The Morgan fingerprint density at radius 3 is 2.94 bits per heavy atom. The van der Waals surface area contributed by atoms with Gasteiger partial charge in [0.1, 0.15) is 11.6 Å².